The number of ketones is 1. The summed E-state index contributed by atoms with van der Waals surface area (Å²) in [6.07, 6.45) is 5.78. The Bertz CT molecular complexity index is 2410. The number of carbonyl (C=O) groups excluding carboxylic acids is 1. The number of pyridine rings is 2. The molecule has 0 radical (unpaired) electrons. The normalized spacial score (nSPS) is 13.8. The third-order valence-corrected chi connectivity index (χ3v) is 11.0. The maximum absolute atomic E-state index is 13.2. The van der Waals surface area contributed by atoms with Gasteiger partial charge in [-0.05, 0) is 72.6 Å². The van der Waals surface area contributed by atoms with E-state index >= 15 is 0 Å². The lowest BCUT2D eigenvalue weighted by molar-refractivity contribution is -0.123. The molecule has 12 nitrogen and oxygen atoms in total. The first kappa shape index (κ1) is 42.9. The summed E-state index contributed by atoms with van der Waals surface area (Å²) in [5.74, 6) is 0.672. The molecular weight excluding hydrogens is 759 g/mol. The number of carbonyl (C=O) groups is 1. The lowest BCUT2D eigenvalue weighted by Crippen LogP contribution is -2.36. The zero-order valence-electron chi connectivity index (χ0n) is 34.8. The van der Waals surface area contributed by atoms with Gasteiger partial charge in [-0.15, -0.1) is 0 Å². The van der Waals surface area contributed by atoms with Crippen molar-refractivity contribution in [1.29, 1.82) is 0 Å². The van der Waals surface area contributed by atoms with E-state index in [1.807, 2.05) is 65.2 Å². The third-order valence-electron chi connectivity index (χ3n) is 11.0. The highest BCUT2D eigenvalue weighted by Gasteiger charge is 2.24. The van der Waals surface area contributed by atoms with Crippen LogP contribution in [-0.4, -0.2) is 96.1 Å². The molecule has 1 aliphatic rings. The molecule has 1 aliphatic heterocycles. The minimum atomic E-state index is -0.156. The fourth-order valence-corrected chi connectivity index (χ4v) is 7.89. The zero-order valence-corrected chi connectivity index (χ0v) is 34.8. The number of nitrogens with one attached hydrogen (secondary N) is 2. The summed E-state index contributed by atoms with van der Waals surface area (Å²) < 4.78 is 24.1. The van der Waals surface area contributed by atoms with Crippen LogP contribution >= 0.6 is 0 Å². The van der Waals surface area contributed by atoms with Crippen LogP contribution in [0.15, 0.2) is 101 Å². The Labute approximate surface area is 350 Å². The summed E-state index contributed by atoms with van der Waals surface area (Å²) in [4.78, 5) is 51.8. The molecule has 60 heavy (non-hydrogen) atoms. The lowest BCUT2D eigenvalue weighted by Gasteiger charge is -2.32. The average Bonchev–Trinajstić information content (AvgIpc) is 3.59. The predicted octanol–water partition coefficient (Wildman–Crippen LogP) is 7.35. The maximum Gasteiger partial charge on any atom is 0.326 e. The van der Waals surface area contributed by atoms with E-state index in [0.29, 0.717) is 56.5 Å². The number of rotatable bonds is 22. The highest BCUT2D eigenvalue weighted by Crippen LogP contribution is 2.33. The van der Waals surface area contributed by atoms with Crippen LogP contribution in [0.4, 0.5) is 0 Å². The van der Waals surface area contributed by atoms with Gasteiger partial charge >= 0.3 is 5.69 Å². The van der Waals surface area contributed by atoms with Crippen LogP contribution in [0.5, 0.6) is 0 Å². The second kappa shape index (κ2) is 21.3. The van der Waals surface area contributed by atoms with Crippen molar-refractivity contribution in [2.24, 2.45) is 5.92 Å². The minimum absolute atomic E-state index is 0.00446. The Kier molecular flexibility index (Phi) is 15.2. The van der Waals surface area contributed by atoms with Gasteiger partial charge in [0.25, 0.3) is 5.56 Å². The van der Waals surface area contributed by atoms with E-state index in [9.17, 15) is 14.4 Å². The summed E-state index contributed by atoms with van der Waals surface area (Å²) >= 11 is 0. The van der Waals surface area contributed by atoms with Crippen molar-refractivity contribution in [3.05, 3.63) is 123 Å². The summed E-state index contributed by atoms with van der Waals surface area (Å²) in [6.45, 7) is 10.5. The molecule has 0 amide bonds. The van der Waals surface area contributed by atoms with Crippen LogP contribution in [0.2, 0.25) is 0 Å². The SMILES string of the molecule is CC(C)CCCOCCOCCOCCOCC(=O)Cc1ccc2[nH]c(=O)n(C3CCN(Cc4ccc(-c5nc6cc[nH]c(=O)c6cc5-c5ccccc5)cc4)CC3)c2c1. The molecule has 0 atom stereocenters. The molecule has 6 aromatic rings. The molecule has 316 valence electrons. The summed E-state index contributed by atoms with van der Waals surface area (Å²) in [5, 5.41) is 0.562. The van der Waals surface area contributed by atoms with Gasteiger partial charge in [0.15, 0.2) is 5.78 Å². The van der Waals surface area contributed by atoms with Crippen LogP contribution in [0, 0.1) is 5.92 Å². The van der Waals surface area contributed by atoms with E-state index in [2.05, 4.69) is 53.0 Å². The van der Waals surface area contributed by atoms with Crippen molar-refractivity contribution in [2.45, 2.75) is 58.5 Å². The van der Waals surface area contributed by atoms with Crippen molar-refractivity contribution in [1.82, 2.24) is 24.4 Å². The maximum atomic E-state index is 13.2. The second-order valence-electron chi connectivity index (χ2n) is 16.0. The number of nitrogens with zero attached hydrogens (tertiary/aromatic N) is 3. The number of piperidine rings is 1. The predicted molar refractivity (Wildman–Crippen MR) is 235 cm³/mol. The molecule has 0 spiro atoms. The van der Waals surface area contributed by atoms with E-state index < -0.39 is 0 Å². The monoisotopic (exact) mass is 815 g/mol. The van der Waals surface area contributed by atoms with Gasteiger partial charge in [-0.3, -0.25) is 19.1 Å². The van der Waals surface area contributed by atoms with Gasteiger partial charge in [0.1, 0.15) is 6.61 Å². The van der Waals surface area contributed by atoms with Gasteiger partial charge in [0.2, 0.25) is 0 Å². The number of likely N-dealkylation sites (tertiary alicyclic amines) is 1. The molecule has 12 heteroatoms. The zero-order chi connectivity index (χ0) is 41.7. The molecular formula is C48H57N5O7. The number of H-pyrrole nitrogens is 2. The number of fused-ring (bicyclic) bond motifs is 2. The molecule has 3 aromatic carbocycles. The number of imidazole rings is 1. The molecule has 0 aliphatic carbocycles. The molecule has 2 N–H and O–H groups in total. The largest absolute Gasteiger partial charge is 0.379 e. The molecule has 0 unspecified atom stereocenters. The number of hydrogen-bond acceptors (Lipinski definition) is 9. The Morgan fingerprint density at radius 2 is 1.47 bits per heavy atom. The van der Waals surface area contributed by atoms with E-state index in [1.54, 1.807) is 6.20 Å². The van der Waals surface area contributed by atoms with Gasteiger partial charge in [0.05, 0.1) is 67.3 Å². The van der Waals surface area contributed by atoms with Crippen molar-refractivity contribution in [3.63, 3.8) is 0 Å². The molecule has 0 bridgehead atoms. The van der Waals surface area contributed by atoms with Crippen molar-refractivity contribution in [2.75, 3.05) is 65.9 Å². The van der Waals surface area contributed by atoms with Crippen LogP contribution in [-0.2, 0) is 36.7 Å². The number of aromatic nitrogens is 4. The average molecular weight is 816 g/mol. The van der Waals surface area contributed by atoms with Gasteiger partial charge in [-0.2, -0.15) is 0 Å². The fraction of sp³-hybridized carbons (Fsp3) is 0.417. The topological polar surface area (TPSA) is 141 Å². The van der Waals surface area contributed by atoms with Gasteiger partial charge in [0, 0.05) is 56.0 Å². The number of benzene rings is 3. The number of hydrogen-bond donors (Lipinski definition) is 2. The van der Waals surface area contributed by atoms with Crippen molar-refractivity contribution < 1.29 is 23.7 Å². The van der Waals surface area contributed by atoms with E-state index in [4.69, 9.17) is 23.9 Å². The van der Waals surface area contributed by atoms with Crippen LogP contribution in [0.3, 0.4) is 0 Å². The molecule has 3 aromatic heterocycles. The summed E-state index contributed by atoms with van der Waals surface area (Å²) in [5.41, 5.74) is 7.76. The molecule has 0 saturated carbocycles. The van der Waals surface area contributed by atoms with Crippen LogP contribution in [0.25, 0.3) is 44.3 Å². The van der Waals surface area contributed by atoms with E-state index in [-0.39, 0.29) is 36.1 Å². The smallest absolute Gasteiger partial charge is 0.326 e. The standard InChI is InChI=1S/C48H57N5O7/c1-34(2)7-6-22-57-23-24-58-25-26-59-27-28-60-33-40(54)29-36-12-15-44-45(30-36)53(48(56)51-44)39-17-20-52(21-18-39)32-35-10-13-38(14-11-35)46-41(37-8-4-3-5-9-37)31-42-43(50-46)16-19-49-47(42)55/h3-5,8-16,19,30-31,34,39H,6-7,17-18,20-29,32-33H2,1-2H3,(H,49,55)(H,51,56). The first-order chi connectivity index (χ1) is 29.3. The van der Waals surface area contributed by atoms with Gasteiger partial charge < -0.3 is 28.9 Å². The highest BCUT2D eigenvalue weighted by molar-refractivity contribution is 5.91. The third kappa shape index (κ3) is 11.5. The lowest BCUT2D eigenvalue weighted by atomic mass is 9.97. The van der Waals surface area contributed by atoms with Crippen LogP contribution in [0.1, 0.15) is 56.7 Å². The Morgan fingerprint density at radius 1 is 0.783 bits per heavy atom. The number of aromatic amines is 2. The first-order valence-electron chi connectivity index (χ1n) is 21.3. The quantitative estimate of drug-likeness (QED) is 0.0674. The molecule has 1 fully saturated rings. The summed E-state index contributed by atoms with van der Waals surface area (Å²) in [7, 11) is 0. The van der Waals surface area contributed by atoms with Crippen molar-refractivity contribution in [3.8, 4) is 22.4 Å². The van der Waals surface area contributed by atoms with Crippen molar-refractivity contribution >= 4 is 27.7 Å². The van der Waals surface area contributed by atoms with E-state index in [1.165, 1.54) is 12.0 Å². The van der Waals surface area contributed by atoms with E-state index in [0.717, 1.165) is 84.5 Å². The Morgan fingerprint density at radius 3 is 2.18 bits per heavy atom. The second-order valence-corrected chi connectivity index (χ2v) is 16.0. The molecule has 7 rings (SSSR count). The van der Waals surface area contributed by atoms with Gasteiger partial charge in [-0.25, -0.2) is 9.78 Å². The highest BCUT2D eigenvalue weighted by atomic mass is 16.6. The Balaban J connectivity index is 0.863. The van der Waals surface area contributed by atoms with Crippen LogP contribution < -0.4 is 11.2 Å². The molecule has 1 saturated heterocycles. The number of ether oxygens (including phenoxy) is 4. The fourth-order valence-electron chi connectivity index (χ4n) is 7.89. The number of Topliss-reactive ketones (excluding diaryl/α,β-unsaturated/α-hetero) is 1. The Hall–Kier alpha value is -5.24. The first-order valence-corrected chi connectivity index (χ1v) is 21.3. The summed E-state index contributed by atoms with van der Waals surface area (Å²) in [6, 6.07) is 28.1. The molecule has 4 heterocycles. The minimum Gasteiger partial charge on any atom is -0.379 e. The van der Waals surface area contributed by atoms with Gasteiger partial charge in [-0.1, -0.05) is 74.5 Å².